The quantitative estimate of drug-likeness (QED) is 0.549. The van der Waals surface area contributed by atoms with Crippen LogP contribution in [0.2, 0.25) is 5.02 Å². The molecule has 0 saturated heterocycles. The molecule has 0 aliphatic heterocycles. The van der Waals surface area contributed by atoms with Gasteiger partial charge in [0, 0.05) is 11.8 Å². The summed E-state index contributed by atoms with van der Waals surface area (Å²) in [5, 5.41) is 2.44. The van der Waals surface area contributed by atoms with Gasteiger partial charge in [0.05, 0.1) is 16.3 Å². The predicted octanol–water partition coefficient (Wildman–Crippen LogP) is 4.98. The van der Waals surface area contributed by atoms with Crippen LogP contribution in [0, 0.1) is 6.92 Å². The van der Waals surface area contributed by atoms with Gasteiger partial charge in [-0.3, -0.25) is 4.79 Å². The molecule has 11 heteroatoms. The molecular formula is C19H13ClF3N3O3S. The van der Waals surface area contributed by atoms with Crippen molar-refractivity contribution < 1.29 is 27.5 Å². The van der Waals surface area contributed by atoms with Crippen molar-refractivity contribution in [3.63, 3.8) is 0 Å². The van der Waals surface area contributed by atoms with E-state index < -0.39 is 35.2 Å². The highest BCUT2D eigenvalue weighted by molar-refractivity contribution is 7.17. The maximum absolute atomic E-state index is 12.6. The molecule has 1 amide bonds. The number of pyridine rings is 1. The lowest BCUT2D eigenvalue weighted by molar-refractivity contribution is -0.137. The number of hydrogen-bond donors (Lipinski definition) is 1. The first-order valence-electron chi connectivity index (χ1n) is 8.37. The molecule has 0 radical (unpaired) electrons. The third kappa shape index (κ3) is 5.14. The molecule has 0 aliphatic carbocycles. The lowest BCUT2D eigenvalue weighted by Gasteiger charge is -2.10. The molecule has 1 N–H and O–H groups in total. The number of aryl methyl sites for hydroxylation is 1. The number of thiazole rings is 1. The highest BCUT2D eigenvalue weighted by Crippen LogP contribution is 2.32. The standard InChI is InChI=1S/C19H13ClF3N3O3S/c1-10-15(30-17(25-10)11-5-3-2-4-6-11)18(28)29-9-14(27)26-16-13(20)7-12(8-24-16)19(21,22)23/h2-8H,9H2,1H3,(H,24,26,27). The van der Waals surface area contributed by atoms with Gasteiger partial charge < -0.3 is 10.1 Å². The summed E-state index contributed by atoms with van der Waals surface area (Å²) in [4.78, 5) is 32.3. The molecule has 3 rings (SSSR count). The van der Waals surface area contributed by atoms with Crippen LogP contribution in [0.1, 0.15) is 20.9 Å². The SMILES string of the molecule is Cc1nc(-c2ccccc2)sc1C(=O)OCC(=O)Nc1ncc(C(F)(F)F)cc1Cl. The van der Waals surface area contributed by atoms with Gasteiger partial charge in [-0.25, -0.2) is 14.8 Å². The van der Waals surface area contributed by atoms with Crippen LogP contribution in [0.5, 0.6) is 0 Å². The Morgan fingerprint density at radius 3 is 2.57 bits per heavy atom. The average Bonchev–Trinajstić information content (AvgIpc) is 3.09. The summed E-state index contributed by atoms with van der Waals surface area (Å²) in [6.07, 6.45) is -4.07. The van der Waals surface area contributed by atoms with E-state index in [9.17, 15) is 22.8 Å². The summed E-state index contributed by atoms with van der Waals surface area (Å²) < 4.78 is 42.9. The van der Waals surface area contributed by atoms with Gasteiger partial charge in [-0.15, -0.1) is 11.3 Å². The maximum atomic E-state index is 12.6. The van der Waals surface area contributed by atoms with E-state index in [0.29, 0.717) is 23.0 Å². The van der Waals surface area contributed by atoms with E-state index >= 15 is 0 Å². The van der Waals surface area contributed by atoms with Gasteiger partial charge in [0.15, 0.2) is 12.4 Å². The van der Waals surface area contributed by atoms with Crippen LogP contribution in [-0.4, -0.2) is 28.5 Å². The van der Waals surface area contributed by atoms with Crippen molar-refractivity contribution in [2.45, 2.75) is 13.1 Å². The van der Waals surface area contributed by atoms with Crippen molar-refractivity contribution in [3.05, 3.63) is 63.8 Å². The zero-order valence-corrected chi connectivity index (χ0v) is 16.9. The largest absolute Gasteiger partial charge is 0.451 e. The van der Waals surface area contributed by atoms with E-state index in [1.165, 1.54) is 0 Å². The number of alkyl halides is 3. The third-order valence-electron chi connectivity index (χ3n) is 3.76. The van der Waals surface area contributed by atoms with Crippen LogP contribution in [0.4, 0.5) is 19.0 Å². The Kier molecular flexibility index (Phi) is 6.37. The lowest BCUT2D eigenvalue weighted by atomic mass is 10.2. The minimum absolute atomic E-state index is 0.243. The predicted molar refractivity (Wildman–Crippen MR) is 105 cm³/mol. The Morgan fingerprint density at radius 2 is 1.93 bits per heavy atom. The Balaban J connectivity index is 1.61. The number of benzene rings is 1. The number of halogens is 4. The zero-order valence-electron chi connectivity index (χ0n) is 15.3. The van der Waals surface area contributed by atoms with Crippen LogP contribution in [0.3, 0.4) is 0 Å². The summed E-state index contributed by atoms with van der Waals surface area (Å²) in [5.74, 6) is -1.82. The molecule has 0 unspecified atom stereocenters. The molecule has 0 aliphatic rings. The molecule has 2 heterocycles. The normalized spacial score (nSPS) is 11.2. The summed E-state index contributed by atoms with van der Waals surface area (Å²) >= 11 is 6.85. The molecule has 156 valence electrons. The van der Waals surface area contributed by atoms with Gasteiger partial charge in [-0.2, -0.15) is 13.2 Å². The smallest absolute Gasteiger partial charge is 0.417 e. The van der Waals surface area contributed by atoms with E-state index in [1.807, 2.05) is 30.3 Å². The number of nitrogens with one attached hydrogen (secondary N) is 1. The van der Waals surface area contributed by atoms with Crippen molar-refractivity contribution in [2.75, 3.05) is 11.9 Å². The van der Waals surface area contributed by atoms with Crippen LogP contribution in [-0.2, 0) is 15.7 Å². The summed E-state index contributed by atoms with van der Waals surface area (Å²) in [6.45, 7) is 0.974. The van der Waals surface area contributed by atoms with Crippen LogP contribution >= 0.6 is 22.9 Å². The van der Waals surface area contributed by atoms with Gasteiger partial charge >= 0.3 is 12.1 Å². The molecule has 0 saturated carbocycles. The summed E-state index contributed by atoms with van der Waals surface area (Å²) in [5.41, 5.74) is 0.244. The number of anilines is 1. The second-order valence-corrected chi connectivity index (χ2v) is 7.38. The number of aromatic nitrogens is 2. The van der Waals surface area contributed by atoms with E-state index in [-0.39, 0.29) is 10.7 Å². The molecule has 3 aromatic rings. The number of rotatable bonds is 5. The highest BCUT2D eigenvalue weighted by atomic mass is 35.5. The highest BCUT2D eigenvalue weighted by Gasteiger charge is 2.31. The zero-order chi connectivity index (χ0) is 21.9. The van der Waals surface area contributed by atoms with Crippen molar-refractivity contribution in [1.29, 1.82) is 0 Å². The van der Waals surface area contributed by atoms with Gasteiger partial charge in [0.2, 0.25) is 0 Å². The van der Waals surface area contributed by atoms with Gasteiger partial charge in [0.1, 0.15) is 9.88 Å². The Labute approximate surface area is 177 Å². The number of ether oxygens (including phenoxy) is 1. The average molecular weight is 456 g/mol. The van der Waals surface area contributed by atoms with Gasteiger partial charge in [0.25, 0.3) is 5.91 Å². The fourth-order valence-corrected chi connectivity index (χ4v) is 3.52. The third-order valence-corrected chi connectivity index (χ3v) is 5.24. The van der Waals surface area contributed by atoms with Crippen molar-refractivity contribution in [2.24, 2.45) is 0 Å². The minimum Gasteiger partial charge on any atom is -0.451 e. The van der Waals surface area contributed by atoms with Crippen LogP contribution in [0.25, 0.3) is 10.6 Å². The second-order valence-electron chi connectivity index (χ2n) is 5.98. The Hall–Kier alpha value is -2.98. The summed E-state index contributed by atoms with van der Waals surface area (Å²) in [7, 11) is 0. The number of esters is 1. The lowest BCUT2D eigenvalue weighted by Crippen LogP contribution is -2.21. The van der Waals surface area contributed by atoms with Crippen molar-refractivity contribution in [1.82, 2.24) is 9.97 Å². The fourth-order valence-electron chi connectivity index (χ4n) is 2.34. The van der Waals surface area contributed by atoms with Gasteiger partial charge in [-0.05, 0) is 13.0 Å². The first-order chi connectivity index (χ1) is 14.1. The molecular weight excluding hydrogens is 443 g/mol. The fraction of sp³-hybridized carbons (Fsp3) is 0.158. The molecule has 2 aromatic heterocycles. The number of amides is 1. The van der Waals surface area contributed by atoms with Crippen molar-refractivity contribution in [3.8, 4) is 10.6 Å². The minimum atomic E-state index is -4.61. The van der Waals surface area contributed by atoms with Crippen molar-refractivity contribution >= 4 is 40.6 Å². The molecule has 6 nitrogen and oxygen atoms in total. The Bertz CT molecular complexity index is 1090. The van der Waals surface area contributed by atoms with Gasteiger partial charge in [-0.1, -0.05) is 41.9 Å². The topological polar surface area (TPSA) is 81.2 Å². The van der Waals surface area contributed by atoms with Crippen LogP contribution < -0.4 is 5.32 Å². The maximum Gasteiger partial charge on any atom is 0.417 e. The first kappa shape index (κ1) is 21.7. The number of carbonyl (C=O) groups excluding carboxylic acids is 2. The molecule has 0 atom stereocenters. The monoisotopic (exact) mass is 455 g/mol. The molecule has 0 spiro atoms. The Morgan fingerprint density at radius 1 is 1.23 bits per heavy atom. The summed E-state index contributed by atoms with van der Waals surface area (Å²) in [6, 6.07) is 9.88. The molecule has 1 aromatic carbocycles. The number of carbonyl (C=O) groups is 2. The van der Waals surface area contributed by atoms with E-state index in [0.717, 1.165) is 16.9 Å². The molecule has 30 heavy (non-hydrogen) atoms. The van der Waals surface area contributed by atoms with Crippen LogP contribution in [0.15, 0.2) is 42.6 Å². The molecule has 0 bridgehead atoms. The number of nitrogens with zero attached hydrogens (tertiary/aromatic N) is 2. The first-order valence-corrected chi connectivity index (χ1v) is 9.57. The molecule has 0 fully saturated rings. The van der Waals surface area contributed by atoms with E-state index in [4.69, 9.17) is 16.3 Å². The van der Waals surface area contributed by atoms with E-state index in [1.54, 1.807) is 6.92 Å². The number of hydrogen-bond acceptors (Lipinski definition) is 6. The second kappa shape index (κ2) is 8.80. The van der Waals surface area contributed by atoms with E-state index in [2.05, 4.69) is 15.3 Å².